The Hall–Kier alpha value is -1.13. The first-order valence-electron chi connectivity index (χ1n) is 6.71. The second-order valence-corrected chi connectivity index (χ2v) is 7.26. The molecule has 1 fully saturated rings. The number of rotatable bonds is 3. The average molecular weight is 329 g/mol. The molecule has 0 amide bonds. The summed E-state index contributed by atoms with van der Waals surface area (Å²) in [6.45, 7) is 0.837. The molecule has 1 aliphatic rings. The van der Waals surface area contributed by atoms with Gasteiger partial charge in [0.25, 0.3) is 0 Å². The van der Waals surface area contributed by atoms with Crippen LogP contribution in [0.15, 0.2) is 23.1 Å². The lowest BCUT2D eigenvalue weighted by Gasteiger charge is -2.21. The first kappa shape index (κ1) is 16.2. The smallest absolute Gasteiger partial charge is 0.244 e. The van der Waals surface area contributed by atoms with E-state index in [0.717, 1.165) is 12.8 Å². The van der Waals surface area contributed by atoms with E-state index in [1.165, 1.54) is 22.5 Å². The highest BCUT2D eigenvalue weighted by Crippen LogP contribution is 2.27. The molecule has 0 aromatic heterocycles. The standard InChI is InChI=1S/C14H17ClN2O3S/c1-20-12-3-2-7-17(8-6-12)21(18,19)14-9-11(10-16)4-5-13(14)15/h4-5,9,12H,2-3,6-8H2,1H3. The van der Waals surface area contributed by atoms with Crippen LogP contribution in [0.5, 0.6) is 0 Å². The molecule has 0 bridgehead atoms. The number of benzene rings is 1. The van der Waals surface area contributed by atoms with Gasteiger partial charge in [-0.2, -0.15) is 9.57 Å². The zero-order valence-electron chi connectivity index (χ0n) is 11.8. The van der Waals surface area contributed by atoms with Crippen LogP contribution in [-0.4, -0.2) is 39.0 Å². The van der Waals surface area contributed by atoms with Gasteiger partial charge in [0.05, 0.1) is 22.8 Å². The quantitative estimate of drug-likeness (QED) is 0.854. The number of nitriles is 1. The normalized spacial score (nSPS) is 20.7. The third kappa shape index (κ3) is 3.55. The maximum atomic E-state index is 12.7. The van der Waals surface area contributed by atoms with E-state index in [-0.39, 0.29) is 21.6 Å². The van der Waals surface area contributed by atoms with Gasteiger partial charge < -0.3 is 4.74 Å². The molecule has 1 heterocycles. The number of methoxy groups -OCH3 is 1. The van der Waals surface area contributed by atoms with Gasteiger partial charge in [-0.1, -0.05) is 11.6 Å². The number of ether oxygens (including phenoxy) is 1. The zero-order valence-corrected chi connectivity index (χ0v) is 13.3. The van der Waals surface area contributed by atoms with Crippen molar-refractivity contribution in [2.45, 2.75) is 30.3 Å². The molecule has 1 unspecified atom stereocenters. The fraction of sp³-hybridized carbons (Fsp3) is 0.500. The molecule has 0 radical (unpaired) electrons. The third-order valence-corrected chi connectivity index (χ3v) is 6.03. The Kier molecular flexibility index (Phi) is 5.22. The van der Waals surface area contributed by atoms with Gasteiger partial charge in [-0.3, -0.25) is 0 Å². The van der Waals surface area contributed by atoms with Crippen LogP contribution in [0.1, 0.15) is 24.8 Å². The van der Waals surface area contributed by atoms with E-state index >= 15 is 0 Å². The van der Waals surface area contributed by atoms with Gasteiger partial charge in [0, 0.05) is 20.2 Å². The predicted molar refractivity (Wildman–Crippen MR) is 79.6 cm³/mol. The van der Waals surface area contributed by atoms with Gasteiger partial charge in [0.1, 0.15) is 4.90 Å². The van der Waals surface area contributed by atoms with E-state index < -0.39 is 10.0 Å². The molecule has 0 saturated carbocycles. The molecule has 114 valence electrons. The SMILES string of the molecule is COC1CCCN(S(=O)(=O)c2cc(C#N)ccc2Cl)CC1. The number of hydrogen-bond acceptors (Lipinski definition) is 4. The molecular formula is C14H17ClN2O3S. The van der Waals surface area contributed by atoms with Gasteiger partial charge in [-0.25, -0.2) is 8.42 Å². The maximum absolute atomic E-state index is 12.7. The number of sulfonamides is 1. The van der Waals surface area contributed by atoms with E-state index in [1.54, 1.807) is 7.11 Å². The van der Waals surface area contributed by atoms with E-state index in [4.69, 9.17) is 21.6 Å². The van der Waals surface area contributed by atoms with Crippen LogP contribution in [-0.2, 0) is 14.8 Å². The summed E-state index contributed by atoms with van der Waals surface area (Å²) in [7, 11) is -2.04. The van der Waals surface area contributed by atoms with Gasteiger partial charge in [0.15, 0.2) is 0 Å². The first-order chi connectivity index (χ1) is 9.98. The van der Waals surface area contributed by atoms with Crippen molar-refractivity contribution >= 4 is 21.6 Å². The Morgan fingerprint density at radius 2 is 2.14 bits per heavy atom. The minimum absolute atomic E-state index is 0.000849. The summed E-state index contributed by atoms with van der Waals surface area (Å²) in [6.07, 6.45) is 2.33. The van der Waals surface area contributed by atoms with Gasteiger partial charge >= 0.3 is 0 Å². The van der Waals surface area contributed by atoms with Crippen molar-refractivity contribution in [3.8, 4) is 6.07 Å². The van der Waals surface area contributed by atoms with Crippen LogP contribution in [0.4, 0.5) is 0 Å². The fourth-order valence-electron chi connectivity index (χ4n) is 2.43. The molecule has 5 nitrogen and oxygen atoms in total. The Balaban J connectivity index is 2.32. The second-order valence-electron chi connectivity index (χ2n) is 4.95. The molecule has 7 heteroatoms. The Morgan fingerprint density at radius 3 is 2.81 bits per heavy atom. The lowest BCUT2D eigenvalue weighted by Crippen LogP contribution is -2.32. The summed E-state index contributed by atoms with van der Waals surface area (Å²) in [5.41, 5.74) is 0.280. The fourth-order valence-corrected chi connectivity index (χ4v) is 4.42. The van der Waals surface area contributed by atoms with Gasteiger partial charge in [-0.05, 0) is 37.5 Å². The summed E-state index contributed by atoms with van der Waals surface area (Å²) in [5, 5.41) is 9.06. The Morgan fingerprint density at radius 1 is 1.38 bits per heavy atom. The van der Waals surface area contributed by atoms with E-state index in [1.807, 2.05) is 6.07 Å². The Bertz CT molecular complexity index is 655. The molecular weight excluding hydrogens is 312 g/mol. The molecule has 1 aromatic rings. The van der Waals surface area contributed by atoms with Crippen molar-refractivity contribution in [1.29, 1.82) is 5.26 Å². The third-order valence-electron chi connectivity index (χ3n) is 3.65. The Labute approximate surface area is 130 Å². The van der Waals surface area contributed by atoms with E-state index in [2.05, 4.69) is 0 Å². The lowest BCUT2D eigenvalue weighted by molar-refractivity contribution is 0.0916. The van der Waals surface area contributed by atoms with Crippen molar-refractivity contribution in [2.75, 3.05) is 20.2 Å². The zero-order chi connectivity index (χ0) is 15.5. The largest absolute Gasteiger partial charge is 0.381 e. The summed E-state index contributed by atoms with van der Waals surface area (Å²) in [4.78, 5) is -0.000849. The number of halogens is 1. The topological polar surface area (TPSA) is 70.4 Å². The summed E-state index contributed by atoms with van der Waals surface area (Å²) < 4.78 is 32.2. The highest BCUT2D eigenvalue weighted by atomic mass is 35.5. The summed E-state index contributed by atoms with van der Waals surface area (Å²) in [5.74, 6) is 0. The van der Waals surface area contributed by atoms with Crippen molar-refractivity contribution in [3.63, 3.8) is 0 Å². The molecule has 2 rings (SSSR count). The molecule has 0 aliphatic carbocycles. The highest BCUT2D eigenvalue weighted by molar-refractivity contribution is 7.89. The molecule has 1 atom stereocenters. The molecule has 0 spiro atoms. The number of nitrogens with zero attached hydrogens (tertiary/aromatic N) is 2. The van der Waals surface area contributed by atoms with Crippen molar-refractivity contribution in [3.05, 3.63) is 28.8 Å². The van der Waals surface area contributed by atoms with Crippen LogP contribution in [0, 0.1) is 11.3 Å². The maximum Gasteiger partial charge on any atom is 0.244 e. The van der Waals surface area contributed by atoms with Crippen LogP contribution in [0.25, 0.3) is 0 Å². The monoisotopic (exact) mass is 328 g/mol. The molecule has 1 aromatic carbocycles. The van der Waals surface area contributed by atoms with E-state index in [9.17, 15) is 8.42 Å². The highest BCUT2D eigenvalue weighted by Gasteiger charge is 2.29. The first-order valence-corrected chi connectivity index (χ1v) is 8.53. The second kappa shape index (κ2) is 6.75. The minimum atomic E-state index is -3.69. The molecule has 1 saturated heterocycles. The van der Waals surface area contributed by atoms with Gasteiger partial charge in [-0.15, -0.1) is 0 Å². The number of hydrogen-bond donors (Lipinski definition) is 0. The predicted octanol–water partition coefficient (Wildman–Crippen LogP) is 2.40. The summed E-state index contributed by atoms with van der Waals surface area (Å²) >= 11 is 6.01. The average Bonchev–Trinajstić information content (AvgIpc) is 2.73. The van der Waals surface area contributed by atoms with Crippen LogP contribution in [0.2, 0.25) is 5.02 Å². The van der Waals surface area contributed by atoms with Crippen LogP contribution < -0.4 is 0 Å². The lowest BCUT2D eigenvalue weighted by atomic mass is 10.2. The molecule has 21 heavy (non-hydrogen) atoms. The van der Waals surface area contributed by atoms with Crippen LogP contribution >= 0.6 is 11.6 Å². The summed E-state index contributed by atoms with van der Waals surface area (Å²) in [6, 6.07) is 6.22. The molecule has 0 N–H and O–H groups in total. The minimum Gasteiger partial charge on any atom is -0.381 e. The van der Waals surface area contributed by atoms with Crippen molar-refractivity contribution in [1.82, 2.24) is 4.31 Å². The molecule has 1 aliphatic heterocycles. The van der Waals surface area contributed by atoms with Crippen molar-refractivity contribution < 1.29 is 13.2 Å². The van der Waals surface area contributed by atoms with Crippen molar-refractivity contribution in [2.24, 2.45) is 0 Å². The van der Waals surface area contributed by atoms with E-state index in [0.29, 0.717) is 19.5 Å². The van der Waals surface area contributed by atoms with Crippen LogP contribution in [0.3, 0.4) is 0 Å². The van der Waals surface area contributed by atoms with Gasteiger partial charge in [0.2, 0.25) is 10.0 Å².